The summed E-state index contributed by atoms with van der Waals surface area (Å²) in [7, 11) is 0. The van der Waals surface area contributed by atoms with E-state index in [2.05, 4.69) is 31.2 Å². The molecule has 1 aliphatic rings. The van der Waals surface area contributed by atoms with Gasteiger partial charge in [0.1, 0.15) is 0 Å². The van der Waals surface area contributed by atoms with Gasteiger partial charge in [0.05, 0.1) is 0 Å². The van der Waals surface area contributed by atoms with Crippen LogP contribution in [-0.4, -0.2) is 6.04 Å². The fourth-order valence-corrected chi connectivity index (χ4v) is 3.65. The number of unbranched alkanes of at least 4 members (excludes halogenated alkanes) is 7. The Morgan fingerprint density at radius 2 is 1.43 bits per heavy atom. The van der Waals surface area contributed by atoms with Crippen molar-refractivity contribution >= 4 is 0 Å². The van der Waals surface area contributed by atoms with E-state index in [1.54, 1.807) is 0 Å². The molecular weight excluding hydrogens is 254 g/mol. The summed E-state index contributed by atoms with van der Waals surface area (Å²) in [6, 6.07) is 9.27. The van der Waals surface area contributed by atoms with Gasteiger partial charge in [0.15, 0.2) is 0 Å². The van der Waals surface area contributed by atoms with Crippen LogP contribution in [0.1, 0.15) is 75.8 Å². The Labute approximate surface area is 131 Å². The molecule has 2 N–H and O–H groups in total. The van der Waals surface area contributed by atoms with Crippen LogP contribution in [0.25, 0.3) is 0 Å². The smallest absolute Gasteiger partial charge is 0.00735 e. The van der Waals surface area contributed by atoms with Crippen LogP contribution in [0.4, 0.5) is 0 Å². The Morgan fingerprint density at radius 1 is 0.905 bits per heavy atom. The van der Waals surface area contributed by atoms with E-state index in [0.717, 1.165) is 0 Å². The fourth-order valence-electron chi connectivity index (χ4n) is 3.65. The lowest BCUT2D eigenvalue weighted by Crippen LogP contribution is -2.30. The third-order valence-electron chi connectivity index (χ3n) is 5.08. The summed E-state index contributed by atoms with van der Waals surface area (Å²) < 4.78 is 0. The second-order valence-corrected chi connectivity index (χ2v) is 6.86. The van der Waals surface area contributed by atoms with Crippen LogP contribution in [0.3, 0.4) is 0 Å². The molecule has 118 valence electrons. The fraction of sp³-hybridized carbons (Fsp3) is 0.700. The SMILES string of the molecule is CCCCCCCCCCC(N)C1Cc2ccccc2C1. The predicted octanol–water partition coefficient (Wildman–Crippen LogP) is 5.26. The predicted molar refractivity (Wildman–Crippen MR) is 92.5 cm³/mol. The largest absolute Gasteiger partial charge is 0.327 e. The molecule has 0 bridgehead atoms. The van der Waals surface area contributed by atoms with E-state index in [0.29, 0.717) is 12.0 Å². The molecule has 2 rings (SSSR count). The summed E-state index contributed by atoms with van der Waals surface area (Å²) >= 11 is 0. The standard InChI is InChI=1S/C20H33N/c1-2-3-4-5-6-7-8-9-14-20(21)19-15-17-12-10-11-13-18(17)16-19/h10-13,19-20H,2-9,14-16,21H2,1H3. The monoisotopic (exact) mass is 287 g/mol. The van der Waals surface area contributed by atoms with E-state index in [1.807, 2.05) is 0 Å². The highest BCUT2D eigenvalue weighted by Gasteiger charge is 2.25. The zero-order chi connectivity index (χ0) is 14.9. The molecule has 1 aromatic rings. The van der Waals surface area contributed by atoms with Crippen molar-refractivity contribution in [1.29, 1.82) is 0 Å². The Balaban J connectivity index is 1.54. The molecule has 0 radical (unpaired) electrons. The van der Waals surface area contributed by atoms with Gasteiger partial charge in [0, 0.05) is 6.04 Å². The Bertz CT molecular complexity index is 374. The third-order valence-corrected chi connectivity index (χ3v) is 5.08. The molecule has 0 fully saturated rings. The number of hydrogen-bond acceptors (Lipinski definition) is 1. The van der Waals surface area contributed by atoms with Crippen molar-refractivity contribution in [3.8, 4) is 0 Å². The van der Waals surface area contributed by atoms with E-state index in [9.17, 15) is 0 Å². The van der Waals surface area contributed by atoms with Gasteiger partial charge in [0.25, 0.3) is 0 Å². The Kier molecular flexibility index (Phi) is 7.29. The van der Waals surface area contributed by atoms with Crippen LogP contribution >= 0.6 is 0 Å². The lowest BCUT2D eigenvalue weighted by Gasteiger charge is -2.18. The first-order valence-electron chi connectivity index (χ1n) is 9.13. The van der Waals surface area contributed by atoms with Crippen molar-refractivity contribution in [3.05, 3.63) is 35.4 Å². The van der Waals surface area contributed by atoms with Crippen LogP contribution in [0.2, 0.25) is 0 Å². The van der Waals surface area contributed by atoms with E-state index < -0.39 is 0 Å². The van der Waals surface area contributed by atoms with E-state index in [1.165, 1.54) is 81.8 Å². The molecule has 21 heavy (non-hydrogen) atoms. The second kappa shape index (κ2) is 9.25. The van der Waals surface area contributed by atoms with Gasteiger partial charge in [-0.2, -0.15) is 0 Å². The normalized spacial score (nSPS) is 16.1. The van der Waals surface area contributed by atoms with Crippen LogP contribution in [-0.2, 0) is 12.8 Å². The van der Waals surface area contributed by atoms with Crippen LogP contribution < -0.4 is 5.73 Å². The molecule has 1 aliphatic carbocycles. The second-order valence-electron chi connectivity index (χ2n) is 6.86. The summed E-state index contributed by atoms with van der Waals surface area (Å²) in [6.07, 6.45) is 14.8. The van der Waals surface area contributed by atoms with E-state index in [-0.39, 0.29) is 0 Å². The van der Waals surface area contributed by atoms with Gasteiger partial charge in [-0.3, -0.25) is 0 Å². The number of rotatable bonds is 10. The molecule has 0 spiro atoms. The molecule has 1 heteroatoms. The molecule has 0 aliphatic heterocycles. The van der Waals surface area contributed by atoms with Crippen molar-refractivity contribution in [2.24, 2.45) is 11.7 Å². The average molecular weight is 287 g/mol. The highest BCUT2D eigenvalue weighted by molar-refractivity contribution is 5.32. The van der Waals surface area contributed by atoms with Crippen molar-refractivity contribution in [2.75, 3.05) is 0 Å². The molecule has 0 heterocycles. The van der Waals surface area contributed by atoms with Gasteiger partial charge < -0.3 is 5.73 Å². The number of fused-ring (bicyclic) bond motifs is 1. The first kappa shape index (κ1) is 16.5. The number of benzene rings is 1. The van der Waals surface area contributed by atoms with Crippen LogP contribution in [0.15, 0.2) is 24.3 Å². The van der Waals surface area contributed by atoms with Crippen molar-refractivity contribution < 1.29 is 0 Å². The zero-order valence-corrected chi connectivity index (χ0v) is 13.8. The Hall–Kier alpha value is -0.820. The third kappa shape index (κ3) is 5.47. The molecule has 0 saturated heterocycles. The van der Waals surface area contributed by atoms with Gasteiger partial charge in [0.2, 0.25) is 0 Å². The van der Waals surface area contributed by atoms with Gasteiger partial charge in [-0.15, -0.1) is 0 Å². The highest BCUT2D eigenvalue weighted by Crippen LogP contribution is 2.29. The topological polar surface area (TPSA) is 26.0 Å². The van der Waals surface area contributed by atoms with Gasteiger partial charge in [-0.25, -0.2) is 0 Å². The van der Waals surface area contributed by atoms with Crippen molar-refractivity contribution in [2.45, 2.75) is 83.6 Å². The minimum Gasteiger partial charge on any atom is -0.327 e. The summed E-state index contributed by atoms with van der Waals surface area (Å²) in [4.78, 5) is 0. The van der Waals surface area contributed by atoms with Crippen molar-refractivity contribution in [1.82, 2.24) is 0 Å². The molecular formula is C20H33N. The summed E-state index contributed by atoms with van der Waals surface area (Å²) in [5.74, 6) is 0.687. The van der Waals surface area contributed by atoms with Gasteiger partial charge in [-0.05, 0) is 36.3 Å². The molecule has 0 aromatic heterocycles. The minimum absolute atomic E-state index is 0.400. The molecule has 1 unspecified atom stereocenters. The summed E-state index contributed by atoms with van der Waals surface area (Å²) in [5.41, 5.74) is 9.51. The van der Waals surface area contributed by atoms with Gasteiger partial charge >= 0.3 is 0 Å². The maximum absolute atomic E-state index is 6.44. The molecule has 1 nitrogen and oxygen atoms in total. The maximum atomic E-state index is 6.44. The van der Waals surface area contributed by atoms with Gasteiger partial charge in [-0.1, -0.05) is 82.6 Å². The number of nitrogens with two attached hydrogens (primary N) is 1. The lowest BCUT2D eigenvalue weighted by molar-refractivity contribution is 0.400. The zero-order valence-electron chi connectivity index (χ0n) is 13.8. The summed E-state index contributed by atoms with van der Waals surface area (Å²) in [6.45, 7) is 2.28. The van der Waals surface area contributed by atoms with E-state index >= 15 is 0 Å². The Morgan fingerprint density at radius 3 is 2.00 bits per heavy atom. The number of hydrogen-bond donors (Lipinski definition) is 1. The maximum Gasteiger partial charge on any atom is 0.00735 e. The van der Waals surface area contributed by atoms with Crippen LogP contribution in [0.5, 0.6) is 0 Å². The quantitative estimate of drug-likeness (QED) is 0.584. The highest BCUT2D eigenvalue weighted by atomic mass is 14.7. The van der Waals surface area contributed by atoms with Crippen LogP contribution in [0, 0.1) is 5.92 Å². The van der Waals surface area contributed by atoms with Crippen molar-refractivity contribution in [3.63, 3.8) is 0 Å². The first-order valence-corrected chi connectivity index (χ1v) is 9.13. The lowest BCUT2D eigenvalue weighted by atomic mass is 9.92. The molecule has 0 amide bonds. The average Bonchev–Trinajstić information content (AvgIpc) is 2.94. The summed E-state index contributed by atoms with van der Waals surface area (Å²) in [5, 5.41) is 0. The molecule has 0 saturated carbocycles. The molecule has 1 atom stereocenters. The first-order chi connectivity index (χ1) is 10.3. The van der Waals surface area contributed by atoms with E-state index in [4.69, 9.17) is 5.73 Å². The molecule has 1 aromatic carbocycles. The minimum atomic E-state index is 0.400.